The molecule has 5 heteroatoms. The molecule has 86 valence electrons. The van der Waals surface area contributed by atoms with E-state index in [9.17, 15) is 4.79 Å². The third-order valence-electron chi connectivity index (χ3n) is 1.73. The molecule has 0 spiro atoms. The highest BCUT2D eigenvalue weighted by molar-refractivity contribution is 5.79. The van der Waals surface area contributed by atoms with Gasteiger partial charge in [0.05, 0.1) is 12.8 Å². The highest BCUT2D eigenvalue weighted by Gasteiger charge is 1.95. The van der Waals surface area contributed by atoms with Crippen LogP contribution in [0.1, 0.15) is 11.1 Å². The molecule has 0 bridgehead atoms. The Balaban J connectivity index is 2.52. The van der Waals surface area contributed by atoms with Gasteiger partial charge >= 0.3 is 5.97 Å². The van der Waals surface area contributed by atoms with Crippen molar-refractivity contribution in [2.24, 2.45) is 5.16 Å². The van der Waals surface area contributed by atoms with E-state index in [0.717, 1.165) is 11.1 Å². The highest BCUT2D eigenvalue weighted by atomic mass is 16.6. The fourth-order valence-electron chi connectivity index (χ4n) is 1.12. The van der Waals surface area contributed by atoms with Crippen LogP contribution in [0, 0.1) is 0 Å². The third-order valence-corrected chi connectivity index (χ3v) is 1.73. The number of hydrogen-bond acceptors (Lipinski definition) is 4. The zero-order chi connectivity index (χ0) is 11.8. The quantitative estimate of drug-likeness (QED) is 0.582. The van der Waals surface area contributed by atoms with E-state index in [1.165, 1.54) is 6.21 Å². The average molecular weight is 223 g/mol. The predicted molar refractivity (Wildman–Crippen MR) is 58.3 cm³/mol. The second-order valence-electron chi connectivity index (χ2n) is 3.08. The zero-order valence-electron chi connectivity index (χ0n) is 8.92. The summed E-state index contributed by atoms with van der Waals surface area (Å²) in [5.74, 6) is -1.05. The number of carboxylic acids is 1. The van der Waals surface area contributed by atoms with E-state index in [2.05, 4.69) is 9.99 Å². The topological polar surface area (TPSA) is 68.1 Å². The van der Waals surface area contributed by atoms with Crippen LogP contribution in [-0.4, -0.2) is 31.0 Å². The van der Waals surface area contributed by atoms with Crippen LogP contribution in [0.3, 0.4) is 0 Å². The molecule has 0 amide bonds. The normalized spacial score (nSPS) is 10.6. The smallest absolute Gasteiger partial charge is 0.344 e. The number of ether oxygens (including phenoxy) is 1. The van der Waals surface area contributed by atoms with Crippen molar-refractivity contribution in [1.29, 1.82) is 0 Å². The number of aliphatic carboxylic acids is 1. The van der Waals surface area contributed by atoms with Crippen LogP contribution < -0.4 is 0 Å². The Labute approximate surface area is 93.3 Å². The van der Waals surface area contributed by atoms with Crippen molar-refractivity contribution in [2.45, 2.75) is 6.61 Å². The molecule has 0 saturated heterocycles. The molecule has 1 N–H and O–H groups in total. The Kier molecular flexibility index (Phi) is 5.01. The lowest BCUT2D eigenvalue weighted by molar-refractivity contribution is -0.142. The van der Waals surface area contributed by atoms with Crippen LogP contribution >= 0.6 is 0 Å². The number of nitrogens with zero attached hydrogens (tertiary/aromatic N) is 1. The van der Waals surface area contributed by atoms with E-state index in [0.29, 0.717) is 6.61 Å². The molecule has 0 aromatic heterocycles. The lowest BCUT2D eigenvalue weighted by Gasteiger charge is -2.00. The molecule has 0 aliphatic rings. The molecule has 0 saturated carbocycles. The van der Waals surface area contributed by atoms with Crippen molar-refractivity contribution in [2.75, 3.05) is 13.7 Å². The summed E-state index contributed by atoms with van der Waals surface area (Å²) in [5, 5.41) is 11.8. The van der Waals surface area contributed by atoms with Gasteiger partial charge in [-0.3, -0.25) is 0 Å². The fourth-order valence-corrected chi connectivity index (χ4v) is 1.12. The van der Waals surface area contributed by atoms with Gasteiger partial charge < -0.3 is 14.7 Å². The highest BCUT2D eigenvalue weighted by Crippen LogP contribution is 2.04. The maximum absolute atomic E-state index is 10.1. The molecule has 0 unspecified atom stereocenters. The van der Waals surface area contributed by atoms with Crippen LogP contribution in [0.2, 0.25) is 0 Å². The third kappa shape index (κ3) is 4.56. The van der Waals surface area contributed by atoms with Gasteiger partial charge in [0.2, 0.25) is 6.61 Å². The number of carbonyl (C=O) groups is 1. The van der Waals surface area contributed by atoms with Crippen molar-refractivity contribution in [1.82, 2.24) is 0 Å². The summed E-state index contributed by atoms with van der Waals surface area (Å²) in [7, 11) is 1.62. The van der Waals surface area contributed by atoms with Crippen molar-refractivity contribution in [3.63, 3.8) is 0 Å². The molecular formula is C11H13NO4. The van der Waals surface area contributed by atoms with Crippen molar-refractivity contribution in [3.8, 4) is 0 Å². The summed E-state index contributed by atoms with van der Waals surface area (Å²) < 4.78 is 4.99. The van der Waals surface area contributed by atoms with Gasteiger partial charge in [0, 0.05) is 7.11 Å². The lowest BCUT2D eigenvalue weighted by atomic mass is 10.1. The minimum Gasteiger partial charge on any atom is -0.479 e. The Hall–Kier alpha value is -1.88. The zero-order valence-corrected chi connectivity index (χ0v) is 8.92. The molecule has 1 rings (SSSR count). The molecule has 5 nitrogen and oxygen atoms in total. The fraction of sp³-hybridized carbons (Fsp3) is 0.273. The van der Waals surface area contributed by atoms with Gasteiger partial charge in [-0.2, -0.15) is 0 Å². The number of rotatable bonds is 6. The minimum absolute atomic E-state index is 0.436. The number of hydrogen-bond donors (Lipinski definition) is 1. The van der Waals surface area contributed by atoms with Gasteiger partial charge in [0.15, 0.2) is 0 Å². The monoisotopic (exact) mass is 223 g/mol. The minimum atomic E-state index is -1.05. The molecule has 0 radical (unpaired) electrons. The lowest BCUT2D eigenvalue weighted by Crippen LogP contribution is -2.03. The second kappa shape index (κ2) is 6.58. The largest absolute Gasteiger partial charge is 0.479 e. The molecule has 16 heavy (non-hydrogen) atoms. The number of carboxylic acid groups (broad SMARTS) is 1. The van der Waals surface area contributed by atoms with E-state index >= 15 is 0 Å². The number of benzene rings is 1. The number of methoxy groups -OCH3 is 1. The van der Waals surface area contributed by atoms with E-state index in [4.69, 9.17) is 9.84 Å². The second-order valence-corrected chi connectivity index (χ2v) is 3.08. The maximum atomic E-state index is 10.1. The Morgan fingerprint density at radius 2 is 2.38 bits per heavy atom. The first kappa shape index (κ1) is 12.2. The Bertz CT molecular complexity index is 376. The molecular weight excluding hydrogens is 210 g/mol. The maximum Gasteiger partial charge on any atom is 0.344 e. The molecule has 0 aliphatic carbocycles. The first-order chi connectivity index (χ1) is 7.72. The summed E-state index contributed by atoms with van der Waals surface area (Å²) in [6.07, 6.45) is 1.46. The molecule has 0 heterocycles. The Morgan fingerprint density at radius 1 is 1.56 bits per heavy atom. The molecule has 1 aromatic rings. The van der Waals surface area contributed by atoms with Crippen LogP contribution in [-0.2, 0) is 21.0 Å². The molecule has 0 aliphatic heterocycles. The van der Waals surface area contributed by atoms with Gasteiger partial charge in [0.25, 0.3) is 0 Å². The van der Waals surface area contributed by atoms with Gasteiger partial charge in [-0.05, 0) is 17.2 Å². The first-order valence-electron chi connectivity index (χ1n) is 4.67. The molecule has 0 fully saturated rings. The van der Waals surface area contributed by atoms with E-state index in [-0.39, 0.29) is 0 Å². The van der Waals surface area contributed by atoms with Gasteiger partial charge in [-0.1, -0.05) is 23.4 Å². The summed E-state index contributed by atoms with van der Waals surface area (Å²) in [6, 6.07) is 7.52. The van der Waals surface area contributed by atoms with Gasteiger partial charge in [0.1, 0.15) is 0 Å². The number of oxime groups is 1. The van der Waals surface area contributed by atoms with E-state index < -0.39 is 12.6 Å². The van der Waals surface area contributed by atoms with Gasteiger partial charge in [-0.15, -0.1) is 0 Å². The summed E-state index contributed by atoms with van der Waals surface area (Å²) in [6.45, 7) is 0.0892. The Morgan fingerprint density at radius 3 is 3.06 bits per heavy atom. The molecule has 1 aromatic carbocycles. The first-order valence-corrected chi connectivity index (χ1v) is 4.67. The molecule has 0 atom stereocenters. The van der Waals surface area contributed by atoms with Crippen LogP contribution in [0.15, 0.2) is 29.4 Å². The van der Waals surface area contributed by atoms with Crippen molar-refractivity contribution in [3.05, 3.63) is 35.4 Å². The predicted octanol–water partition coefficient (Wildman–Crippen LogP) is 1.27. The van der Waals surface area contributed by atoms with Gasteiger partial charge in [-0.25, -0.2) is 4.79 Å². The van der Waals surface area contributed by atoms with Crippen LogP contribution in [0.4, 0.5) is 0 Å². The van der Waals surface area contributed by atoms with Crippen LogP contribution in [0.25, 0.3) is 0 Å². The summed E-state index contributed by atoms with van der Waals surface area (Å²) in [4.78, 5) is 14.7. The summed E-state index contributed by atoms with van der Waals surface area (Å²) >= 11 is 0. The van der Waals surface area contributed by atoms with E-state index in [1.54, 1.807) is 7.11 Å². The van der Waals surface area contributed by atoms with Crippen LogP contribution in [0.5, 0.6) is 0 Å². The summed E-state index contributed by atoms with van der Waals surface area (Å²) in [5.41, 5.74) is 1.85. The SMILES string of the molecule is COCc1cccc(C=NOCC(=O)O)c1. The standard InChI is InChI=1S/C11H13NO4/c1-15-7-10-4-2-3-9(5-10)6-12-16-8-11(13)14/h2-6H,7-8H2,1H3,(H,13,14). The average Bonchev–Trinajstić information content (AvgIpc) is 2.25. The van der Waals surface area contributed by atoms with Crippen molar-refractivity contribution >= 4 is 12.2 Å². The van der Waals surface area contributed by atoms with Crippen molar-refractivity contribution < 1.29 is 19.5 Å². The van der Waals surface area contributed by atoms with E-state index in [1.807, 2.05) is 24.3 Å².